The molecule has 10 nitrogen and oxygen atoms in total. The van der Waals surface area contributed by atoms with Gasteiger partial charge in [0.15, 0.2) is 11.4 Å². The number of anilines is 1. The lowest BCUT2D eigenvalue weighted by Crippen LogP contribution is -2.37. The van der Waals surface area contributed by atoms with E-state index in [0.29, 0.717) is 65.6 Å². The summed E-state index contributed by atoms with van der Waals surface area (Å²) >= 11 is 0. The van der Waals surface area contributed by atoms with E-state index < -0.39 is 12.2 Å². The van der Waals surface area contributed by atoms with Gasteiger partial charge in [0.1, 0.15) is 11.3 Å². The van der Waals surface area contributed by atoms with Crippen molar-refractivity contribution in [3.63, 3.8) is 0 Å². The summed E-state index contributed by atoms with van der Waals surface area (Å²) in [4.78, 5) is 24.2. The number of halogens is 2. The Kier molecular flexibility index (Phi) is 6.00. The molecule has 3 aromatic heterocycles. The van der Waals surface area contributed by atoms with Crippen molar-refractivity contribution in [1.82, 2.24) is 29.5 Å². The van der Waals surface area contributed by atoms with Gasteiger partial charge in [-0.05, 0) is 36.4 Å². The second kappa shape index (κ2) is 9.97. The number of para-hydroxylation sites is 5. The number of imidazole rings is 1. The fourth-order valence-electron chi connectivity index (χ4n) is 4.61. The number of hydrogen-bond acceptors (Lipinski definition) is 9. The van der Waals surface area contributed by atoms with Crippen LogP contribution in [0.4, 0.5) is 14.7 Å². The Balaban J connectivity index is 1.36. The summed E-state index contributed by atoms with van der Waals surface area (Å²) in [5.41, 5.74) is 2.76. The molecule has 1 aliphatic heterocycles. The SMILES string of the molecule is FC(F)c1nc2ccccc2n1-c1nc(Oc2ccccc2-c2nc3ccccc3o2)nc(N2CCOCC2)n1. The second-order valence-electron chi connectivity index (χ2n) is 9.00. The molecule has 1 aliphatic rings. The van der Waals surface area contributed by atoms with E-state index in [1.54, 1.807) is 36.4 Å². The first-order chi connectivity index (χ1) is 19.6. The van der Waals surface area contributed by atoms with Gasteiger partial charge in [0, 0.05) is 13.1 Å². The standard InChI is InChI=1S/C28H21F2N7O3/c29-23(30)24-31-18-8-2-4-10-20(18)37(24)27-33-26(36-13-15-38-16-14-36)34-28(35-27)40-21-11-5-1-7-17(21)25-32-19-9-3-6-12-22(19)39-25/h1-12,23H,13-16H2. The van der Waals surface area contributed by atoms with Crippen molar-refractivity contribution in [2.75, 3.05) is 31.2 Å². The lowest BCUT2D eigenvalue weighted by Gasteiger charge is -2.27. The molecule has 1 saturated heterocycles. The highest BCUT2D eigenvalue weighted by atomic mass is 19.3. The molecule has 0 spiro atoms. The van der Waals surface area contributed by atoms with E-state index in [1.165, 1.54) is 4.57 Å². The highest BCUT2D eigenvalue weighted by molar-refractivity contribution is 5.78. The van der Waals surface area contributed by atoms with E-state index in [4.69, 9.17) is 13.9 Å². The zero-order chi connectivity index (χ0) is 27.1. The minimum Gasteiger partial charge on any atom is -0.436 e. The van der Waals surface area contributed by atoms with Crippen molar-refractivity contribution in [3.05, 3.63) is 78.6 Å². The molecule has 0 aliphatic carbocycles. The molecule has 0 N–H and O–H groups in total. The fourth-order valence-corrected chi connectivity index (χ4v) is 4.61. The van der Waals surface area contributed by atoms with Crippen LogP contribution in [0.3, 0.4) is 0 Å². The highest BCUT2D eigenvalue weighted by Gasteiger charge is 2.25. The number of aromatic nitrogens is 6. The molecular weight excluding hydrogens is 520 g/mol. The van der Waals surface area contributed by atoms with Gasteiger partial charge in [0.25, 0.3) is 6.43 Å². The average Bonchev–Trinajstić information content (AvgIpc) is 3.60. The Morgan fingerprint density at radius 2 is 1.48 bits per heavy atom. The number of hydrogen-bond donors (Lipinski definition) is 0. The van der Waals surface area contributed by atoms with Gasteiger partial charge in [0.05, 0.1) is 29.8 Å². The third-order valence-electron chi connectivity index (χ3n) is 6.48. The fraction of sp³-hybridized carbons (Fsp3) is 0.179. The number of fused-ring (bicyclic) bond motifs is 2. The molecule has 6 aromatic rings. The van der Waals surface area contributed by atoms with Crippen LogP contribution in [0.25, 0.3) is 39.5 Å². The summed E-state index contributed by atoms with van der Waals surface area (Å²) in [6.07, 6.45) is -2.86. The van der Waals surface area contributed by atoms with E-state index in [9.17, 15) is 8.78 Å². The van der Waals surface area contributed by atoms with E-state index in [-0.39, 0.29) is 17.9 Å². The number of benzene rings is 3. The lowest BCUT2D eigenvalue weighted by atomic mass is 10.2. The summed E-state index contributed by atoms with van der Waals surface area (Å²) in [6.45, 7) is 2.01. The number of rotatable bonds is 6. The Morgan fingerprint density at radius 1 is 0.750 bits per heavy atom. The zero-order valence-corrected chi connectivity index (χ0v) is 20.9. The van der Waals surface area contributed by atoms with Crippen molar-refractivity contribution in [2.24, 2.45) is 0 Å². The smallest absolute Gasteiger partial charge is 0.328 e. The molecule has 7 rings (SSSR count). The van der Waals surface area contributed by atoms with Crippen LogP contribution in [-0.2, 0) is 4.74 Å². The summed E-state index contributed by atoms with van der Waals surface area (Å²) in [6, 6.07) is 21.4. The lowest BCUT2D eigenvalue weighted by molar-refractivity contribution is 0.122. The first-order valence-electron chi connectivity index (χ1n) is 12.6. The van der Waals surface area contributed by atoms with Gasteiger partial charge in [-0.3, -0.25) is 4.57 Å². The maximum atomic E-state index is 14.2. The third-order valence-corrected chi connectivity index (χ3v) is 6.48. The van der Waals surface area contributed by atoms with Gasteiger partial charge in [-0.1, -0.05) is 36.4 Å². The maximum absolute atomic E-state index is 14.2. The van der Waals surface area contributed by atoms with Gasteiger partial charge in [-0.2, -0.15) is 15.0 Å². The Bertz CT molecular complexity index is 1800. The predicted molar refractivity (Wildman–Crippen MR) is 142 cm³/mol. The Hall–Kier alpha value is -4.97. The van der Waals surface area contributed by atoms with E-state index in [1.807, 2.05) is 41.3 Å². The zero-order valence-electron chi connectivity index (χ0n) is 20.9. The van der Waals surface area contributed by atoms with Crippen LogP contribution < -0.4 is 9.64 Å². The molecule has 200 valence electrons. The van der Waals surface area contributed by atoms with Crippen molar-refractivity contribution < 1.29 is 22.7 Å². The number of morpholine rings is 1. The molecule has 0 unspecified atom stereocenters. The van der Waals surface area contributed by atoms with Gasteiger partial charge in [-0.15, -0.1) is 0 Å². The van der Waals surface area contributed by atoms with E-state index in [2.05, 4.69) is 24.9 Å². The van der Waals surface area contributed by atoms with E-state index in [0.717, 1.165) is 0 Å². The van der Waals surface area contributed by atoms with Gasteiger partial charge >= 0.3 is 6.01 Å². The van der Waals surface area contributed by atoms with Gasteiger partial charge < -0.3 is 18.8 Å². The predicted octanol–water partition coefficient (Wildman–Crippen LogP) is 5.59. The monoisotopic (exact) mass is 541 g/mol. The van der Waals surface area contributed by atoms with Crippen molar-refractivity contribution in [1.29, 1.82) is 0 Å². The number of oxazole rings is 1. The molecular formula is C28H21F2N7O3. The van der Waals surface area contributed by atoms with Crippen LogP contribution in [0.15, 0.2) is 77.2 Å². The van der Waals surface area contributed by atoms with Crippen molar-refractivity contribution >= 4 is 28.1 Å². The molecule has 0 atom stereocenters. The minimum atomic E-state index is -2.86. The van der Waals surface area contributed by atoms with Crippen LogP contribution in [-0.4, -0.2) is 55.8 Å². The molecule has 1 fully saturated rings. The molecule has 3 aromatic carbocycles. The first-order valence-corrected chi connectivity index (χ1v) is 12.6. The van der Waals surface area contributed by atoms with Gasteiger partial charge in [-0.25, -0.2) is 18.7 Å². The summed E-state index contributed by atoms with van der Waals surface area (Å²) in [7, 11) is 0. The summed E-state index contributed by atoms with van der Waals surface area (Å²) in [5.74, 6) is 0.511. The number of nitrogens with zero attached hydrogens (tertiary/aromatic N) is 7. The molecule has 40 heavy (non-hydrogen) atoms. The minimum absolute atomic E-state index is 0.0326. The van der Waals surface area contributed by atoms with Crippen molar-refractivity contribution in [2.45, 2.75) is 6.43 Å². The van der Waals surface area contributed by atoms with Crippen LogP contribution in [0, 0.1) is 0 Å². The largest absolute Gasteiger partial charge is 0.436 e. The van der Waals surface area contributed by atoms with Crippen LogP contribution >= 0.6 is 0 Å². The highest BCUT2D eigenvalue weighted by Crippen LogP contribution is 2.35. The third kappa shape index (κ3) is 4.37. The van der Waals surface area contributed by atoms with Crippen LogP contribution in [0.1, 0.15) is 12.2 Å². The van der Waals surface area contributed by atoms with Crippen molar-refractivity contribution in [3.8, 4) is 29.2 Å². The first kappa shape index (κ1) is 24.1. The number of alkyl halides is 2. The molecule has 0 saturated carbocycles. The topological polar surface area (TPSA) is 104 Å². The molecule has 0 amide bonds. The number of ether oxygens (including phenoxy) is 2. The molecule has 12 heteroatoms. The Morgan fingerprint density at radius 3 is 2.30 bits per heavy atom. The van der Waals surface area contributed by atoms with Crippen LogP contribution in [0.2, 0.25) is 0 Å². The average molecular weight is 542 g/mol. The summed E-state index contributed by atoms with van der Waals surface area (Å²) < 4.78 is 47.2. The maximum Gasteiger partial charge on any atom is 0.328 e. The normalized spacial score (nSPS) is 13.9. The van der Waals surface area contributed by atoms with Gasteiger partial charge in [0.2, 0.25) is 17.8 Å². The summed E-state index contributed by atoms with van der Waals surface area (Å²) in [5, 5.41) is 0. The van der Waals surface area contributed by atoms with E-state index >= 15 is 0 Å². The molecule has 4 heterocycles. The Labute approximate surface area is 225 Å². The molecule has 0 bridgehead atoms. The quantitative estimate of drug-likeness (QED) is 0.267. The molecule has 0 radical (unpaired) electrons. The second-order valence-corrected chi connectivity index (χ2v) is 9.00. The van der Waals surface area contributed by atoms with Crippen LogP contribution in [0.5, 0.6) is 11.8 Å².